The van der Waals surface area contributed by atoms with Crippen molar-refractivity contribution in [2.24, 2.45) is 5.10 Å². The number of nitrogens with one attached hydrogen (secondary N) is 1. The number of aromatic nitrogens is 2. The summed E-state index contributed by atoms with van der Waals surface area (Å²) in [4.78, 5) is 16.1. The molecular weight excluding hydrogens is 300 g/mol. The van der Waals surface area contributed by atoms with E-state index in [1.54, 1.807) is 30.7 Å². The predicted octanol–water partition coefficient (Wildman–Crippen LogP) is 3.25. The molecule has 24 heavy (non-hydrogen) atoms. The van der Waals surface area contributed by atoms with Crippen molar-refractivity contribution in [3.63, 3.8) is 0 Å². The minimum atomic E-state index is -0.248. The van der Waals surface area contributed by atoms with E-state index in [-0.39, 0.29) is 5.91 Å². The maximum atomic E-state index is 12.1. The minimum Gasteiger partial charge on any atom is -0.319 e. The lowest BCUT2D eigenvalue weighted by molar-refractivity contribution is 0.0955. The number of aryl methyl sites for hydroxylation is 2. The molecule has 2 heterocycles. The molecule has 0 bridgehead atoms. The number of amides is 1. The Hall–Kier alpha value is -3.21. The van der Waals surface area contributed by atoms with Crippen LogP contribution in [0, 0.1) is 13.8 Å². The fourth-order valence-corrected chi connectivity index (χ4v) is 2.52. The average molecular weight is 318 g/mol. The van der Waals surface area contributed by atoms with Gasteiger partial charge in [0.1, 0.15) is 0 Å². The fourth-order valence-electron chi connectivity index (χ4n) is 2.52. The highest BCUT2D eigenvalue weighted by molar-refractivity contribution is 5.95. The summed E-state index contributed by atoms with van der Waals surface area (Å²) >= 11 is 0. The Morgan fingerprint density at radius 3 is 2.42 bits per heavy atom. The van der Waals surface area contributed by atoms with Gasteiger partial charge in [0.15, 0.2) is 0 Å². The molecule has 0 unspecified atom stereocenters. The second-order valence-corrected chi connectivity index (χ2v) is 5.48. The van der Waals surface area contributed by atoms with E-state index in [0.717, 1.165) is 22.6 Å². The van der Waals surface area contributed by atoms with Crippen LogP contribution < -0.4 is 5.43 Å². The van der Waals surface area contributed by atoms with Crippen molar-refractivity contribution in [1.29, 1.82) is 0 Å². The maximum Gasteiger partial charge on any atom is 0.271 e. The predicted molar refractivity (Wildman–Crippen MR) is 94.5 cm³/mol. The van der Waals surface area contributed by atoms with Gasteiger partial charge in [0, 0.05) is 40.6 Å². The topological polar surface area (TPSA) is 59.3 Å². The van der Waals surface area contributed by atoms with E-state index in [1.165, 1.54) is 0 Å². The molecule has 0 atom stereocenters. The van der Waals surface area contributed by atoms with Crippen molar-refractivity contribution in [3.8, 4) is 5.69 Å². The van der Waals surface area contributed by atoms with E-state index in [9.17, 15) is 4.79 Å². The number of pyridine rings is 1. The van der Waals surface area contributed by atoms with Gasteiger partial charge in [-0.25, -0.2) is 5.43 Å². The van der Waals surface area contributed by atoms with Gasteiger partial charge in [-0.3, -0.25) is 9.78 Å². The lowest BCUT2D eigenvalue weighted by atomic mass is 10.2. The van der Waals surface area contributed by atoms with Gasteiger partial charge in [-0.2, -0.15) is 5.10 Å². The third-order valence-corrected chi connectivity index (χ3v) is 3.72. The summed E-state index contributed by atoms with van der Waals surface area (Å²) in [6.45, 7) is 4.11. The number of nitrogens with zero attached hydrogens (tertiary/aromatic N) is 3. The van der Waals surface area contributed by atoms with E-state index in [1.807, 2.05) is 24.3 Å². The third-order valence-electron chi connectivity index (χ3n) is 3.72. The molecule has 2 aromatic heterocycles. The molecule has 0 aliphatic heterocycles. The van der Waals surface area contributed by atoms with Crippen LogP contribution in [0.1, 0.15) is 27.3 Å². The summed E-state index contributed by atoms with van der Waals surface area (Å²) in [6.07, 6.45) is 4.92. The van der Waals surface area contributed by atoms with Crippen LogP contribution in [0.25, 0.3) is 5.69 Å². The van der Waals surface area contributed by atoms with Gasteiger partial charge in [-0.1, -0.05) is 6.07 Å². The van der Waals surface area contributed by atoms with Crippen LogP contribution in [0.2, 0.25) is 0 Å². The first-order valence-electron chi connectivity index (χ1n) is 7.64. The quantitative estimate of drug-likeness (QED) is 0.593. The van der Waals surface area contributed by atoms with Crippen LogP contribution in [0.5, 0.6) is 0 Å². The largest absolute Gasteiger partial charge is 0.319 e. The van der Waals surface area contributed by atoms with Gasteiger partial charge in [-0.15, -0.1) is 0 Å². The summed E-state index contributed by atoms with van der Waals surface area (Å²) in [5, 5.41) is 3.95. The van der Waals surface area contributed by atoms with Crippen molar-refractivity contribution >= 4 is 12.1 Å². The molecule has 0 saturated heterocycles. The Labute approximate surface area is 140 Å². The van der Waals surface area contributed by atoms with E-state index in [4.69, 9.17) is 0 Å². The zero-order valence-corrected chi connectivity index (χ0v) is 13.6. The number of hydrazone groups is 1. The van der Waals surface area contributed by atoms with Gasteiger partial charge in [-0.05, 0) is 56.3 Å². The number of hydrogen-bond acceptors (Lipinski definition) is 3. The minimum absolute atomic E-state index is 0.248. The third kappa shape index (κ3) is 3.41. The van der Waals surface area contributed by atoms with Gasteiger partial charge in [0.05, 0.1) is 6.21 Å². The summed E-state index contributed by atoms with van der Waals surface area (Å²) in [7, 11) is 0. The van der Waals surface area contributed by atoms with Gasteiger partial charge < -0.3 is 4.57 Å². The normalized spacial score (nSPS) is 10.9. The second kappa shape index (κ2) is 6.91. The zero-order valence-electron chi connectivity index (χ0n) is 13.6. The Morgan fingerprint density at radius 2 is 1.79 bits per heavy atom. The number of carbonyl (C=O) groups is 1. The van der Waals surface area contributed by atoms with Crippen molar-refractivity contribution in [2.45, 2.75) is 13.8 Å². The van der Waals surface area contributed by atoms with Crippen molar-refractivity contribution in [2.75, 3.05) is 0 Å². The van der Waals surface area contributed by atoms with Crippen molar-refractivity contribution < 1.29 is 4.79 Å². The molecule has 0 spiro atoms. The van der Waals surface area contributed by atoms with Crippen LogP contribution in [0.15, 0.2) is 66.0 Å². The molecule has 5 heteroatoms. The SMILES string of the molecule is Cc1ccc(C)n1-c1ccc(C(=O)N/N=C/c2cccnc2)cc1. The standard InChI is InChI=1S/C19H18N4O/c1-14-5-6-15(2)23(14)18-9-7-17(8-10-18)19(24)22-21-13-16-4-3-11-20-12-16/h3-13H,1-2H3,(H,22,24)/b21-13+. The van der Waals surface area contributed by atoms with E-state index in [0.29, 0.717) is 5.56 Å². The van der Waals surface area contributed by atoms with Crippen LogP contribution in [0.3, 0.4) is 0 Å². The van der Waals surface area contributed by atoms with Gasteiger partial charge in [0.25, 0.3) is 5.91 Å². The number of benzene rings is 1. The second-order valence-electron chi connectivity index (χ2n) is 5.48. The molecule has 1 amide bonds. The molecule has 0 aliphatic carbocycles. The average Bonchev–Trinajstić information content (AvgIpc) is 2.94. The molecule has 3 rings (SSSR count). The highest BCUT2D eigenvalue weighted by atomic mass is 16.2. The van der Waals surface area contributed by atoms with Gasteiger partial charge >= 0.3 is 0 Å². The Balaban J connectivity index is 1.69. The van der Waals surface area contributed by atoms with Crippen molar-refractivity contribution in [1.82, 2.24) is 15.0 Å². The molecule has 3 aromatic rings. The highest BCUT2D eigenvalue weighted by Crippen LogP contribution is 2.16. The monoisotopic (exact) mass is 318 g/mol. The Bertz CT molecular complexity index is 845. The lowest BCUT2D eigenvalue weighted by Crippen LogP contribution is -2.17. The lowest BCUT2D eigenvalue weighted by Gasteiger charge is -2.10. The highest BCUT2D eigenvalue weighted by Gasteiger charge is 2.07. The summed E-state index contributed by atoms with van der Waals surface area (Å²) < 4.78 is 2.14. The summed E-state index contributed by atoms with van der Waals surface area (Å²) in [5.41, 5.74) is 7.25. The molecule has 0 fully saturated rings. The first kappa shape index (κ1) is 15.7. The maximum absolute atomic E-state index is 12.1. The number of rotatable bonds is 4. The number of hydrogen-bond donors (Lipinski definition) is 1. The first-order valence-corrected chi connectivity index (χ1v) is 7.64. The summed E-state index contributed by atoms with van der Waals surface area (Å²) in [6, 6.07) is 15.3. The van der Waals surface area contributed by atoms with E-state index in [2.05, 4.69) is 46.1 Å². The first-order chi connectivity index (χ1) is 11.6. The molecule has 1 N–H and O–H groups in total. The van der Waals surface area contributed by atoms with Crippen LogP contribution in [-0.4, -0.2) is 21.7 Å². The van der Waals surface area contributed by atoms with Crippen molar-refractivity contribution in [3.05, 3.63) is 83.4 Å². The van der Waals surface area contributed by atoms with E-state index < -0.39 is 0 Å². The number of carbonyl (C=O) groups excluding carboxylic acids is 1. The van der Waals surface area contributed by atoms with Crippen LogP contribution >= 0.6 is 0 Å². The molecule has 120 valence electrons. The molecule has 1 aromatic carbocycles. The molecule has 0 saturated carbocycles. The van der Waals surface area contributed by atoms with Crippen LogP contribution in [0.4, 0.5) is 0 Å². The zero-order chi connectivity index (χ0) is 16.9. The van der Waals surface area contributed by atoms with E-state index >= 15 is 0 Å². The van der Waals surface area contributed by atoms with Gasteiger partial charge in [0.2, 0.25) is 0 Å². The van der Waals surface area contributed by atoms with Crippen LogP contribution in [-0.2, 0) is 0 Å². The fraction of sp³-hybridized carbons (Fsp3) is 0.105. The molecular formula is C19H18N4O. The summed E-state index contributed by atoms with van der Waals surface area (Å²) in [5.74, 6) is -0.248. The molecule has 5 nitrogen and oxygen atoms in total. The molecule has 0 radical (unpaired) electrons. The Morgan fingerprint density at radius 1 is 1.08 bits per heavy atom. The Kier molecular flexibility index (Phi) is 4.52. The molecule has 0 aliphatic rings. The smallest absolute Gasteiger partial charge is 0.271 e.